The van der Waals surface area contributed by atoms with E-state index in [0.29, 0.717) is 18.6 Å². The Morgan fingerprint density at radius 2 is 2.27 bits per heavy atom. The van der Waals surface area contributed by atoms with Gasteiger partial charge >= 0.3 is 0 Å². The molecule has 0 aliphatic heterocycles. The number of rotatable bonds is 6. The van der Waals surface area contributed by atoms with E-state index >= 15 is 0 Å². The van der Waals surface area contributed by atoms with Crippen LogP contribution in [0, 0.1) is 0 Å². The van der Waals surface area contributed by atoms with Gasteiger partial charge in [0.05, 0.1) is 17.4 Å². The molecule has 2 N–H and O–H groups in total. The maximum atomic E-state index is 12.5. The molecule has 0 aromatic carbocycles. The predicted octanol–water partition coefficient (Wildman–Crippen LogP) is 2.53. The van der Waals surface area contributed by atoms with Crippen molar-refractivity contribution in [3.63, 3.8) is 0 Å². The number of hydrogen-bond acceptors (Lipinski definition) is 4. The number of amides is 1. The zero-order valence-electron chi connectivity index (χ0n) is 15.0. The highest BCUT2D eigenvalue weighted by Gasteiger charge is 2.19. The Kier molecular flexibility index (Phi) is 4.69. The van der Waals surface area contributed by atoms with E-state index in [0.717, 1.165) is 30.7 Å². The number of hydrogen-bond donors (Lipinski definition) is 2. The number of imidazole rings is 1. The first-order valence-electron chi connectivity index (χ1n) is 9.38. The Labute approximate surface area is 152 Å². The summed E-state index contributed by atoms with van der Waals surface area (Å²) in [6, 6.07) is 1.76. The second-order valence-electron chi connectivity index (χ2n) is 6.86. The average molecular weight is 352 g/mol. The Hall–Kier alpha value is -2.70. The number of aromatic nitrogens is 5. The molecule has 1 unspecified atom stereocenters. The summed E-state index contributed by atoms with van der Waals surface area (Å²) in [5, 5.41) is 10.7. The van der Waals surface area contributed by atoms with Crippen LogP contribution in [0.3, 0.4) is 0 Å². The number of aryl methyl sites for hydroxylation is 2. The monoisotopic (exact) mass is 352 g/mol. The maximum absolute atomic E-state index is 12.5. The van der Waals surface area contributed by atoms with Crippen LogP contribution >= 0.6 is 0 Å². The Morgan fingerprint density at radius 3 is 3.12 bits per heavy atom. The summed E-state index contributed by atoms with van der Waals surface area (Å²) in [7, 11) is 0. The molecular formula is C19H24N6O. The van der Waals surface area contributed by atoms with Crippen LogP contribution in [0.4, 0.5) is 0 Å². The fraction of sp³-hybridized carbons (Fsp3) is 0.474. The lowest BCUT2D eigenvalue weighted by atomic mass is 9.94. The van der Waals surface area contributed by atoms with Gasteiger partial charge in [-0.3, -0.25) is 14.3 Å². The SMILES string of the molecule is CCC(NC(=O)CCc1n[nH]c2c1CCCC2)c1cn2cccnc2n1. The molecule has 1 amide bonds. The van der Waals surface area contributed by atoms with Gasteiger partial charge in [0.15, 0.2) is 0 Å². The molecule has 7 heteroatoms. The van der Waals surface area contributed by atoms with Crippen molar-refractivity contribution in [2.75, 3.05) is 0 Å². The first kappa shape index (κ1) is 16.8. The Bertz CT molecular complexity index is 879. The van der Waals surface area contributed by atoms with Gasteiger partial charge in [-0.15, -0.1) is 0 Å². The molecule has 0 spiro atoms. The molecular weight excluding hydrogens is 328 g/mol. The zero-order valence-corrected chi connectivity index (χ0v) is 15.0. The number of nitrogens with zero attached hydrogens (tertiary/aromatic N) is 4. The van der Waals surface area contributed by atoms with E-state index in [1.807, 2.05) is 29.8 Å². The van der Waals surface area contributed by atoms with Crippen molar-refractivity contribution in [1.82, 2.24) is 29.9 Å². The van der Waals surface area contributed by atoms with Gasteiger partial charge in [-0.05, 0) is 43.7 Å². The quantitative estimate of drug-likeness (QED) is 0.713. The lowest BCUT2D eigenvalue weighted by Gasteiger charge is -2.15. The predicted molar refractivity (Wildman–Crippen MR) is 97.7 cm³/mol. The summed E-state index contributed by atoms with van der Waals surface area (Å²) in [6.45, 7) is 2.05. The van der Waals surface area contributed by atoms with Gasteiger partial charge in [0.2, 0.25) is 11.7 Å². The van der Waals surface area contributed by atoms with Crippen LogP contribution in [0.15, 0.2) is 24.7 Å². The number of fused-ring (bicyclic) bond motifs is 2. The van der Waals surface area contributed by atoms with E-state index in [2.05, 4.69) is 25.5 Å². The molecule has 4 rings (SSSR count). The molecule has 0 saturated carbocycles. The average Bonchev–Trinajstić information content (AvgIpc) is 3.28. The van der Waals surface area contributed by atoms with Crippen LogP contribution in [0.5, 0.6) is 0 Å². The molecule has 0 radical (unpaired) electrons. The first-order chi connectivity index (χ1) is 12.7. The van der Waals surface area contributed by atoms with Crippen LogP contribution in [0.2, 0.25) is 0 Å². The van der Waals surface area contributed by atoms with Crippen LogP contribution in [-0.4, -0.2) is 30.5 Å². The van der Waals surface area contributed by atoms with Crippen LogP contribution < -0.4 is 5.32 Å². The number of H-pyrrole nitrogens is 1. The summed E-state index contributed by atoms with van der Waals surface area (Å²) in [4.78, 5) is 21.2. The molecule has 1 aliphatic carbocycles. The third-order valence-corrected chi connectivity index (χ3v) is 5.09. The van der Waals surface area contributed by atoms with E-state index in [9.17, 15) is 4.79 Å². The van der Waals surface area contributed by atoms with Crippen LogP contribution in [-0.2, 0) is 24.1 Å². The Balaban J connectivity index is 1.39. The molecule has 3 aromatic rings. The second-order valence-corrected chi connectivity index (χ2v) is 6.86. The van der Waals surface area contributed by atoms with Gasteiger partial charge in [-0.1, -0.05) is 6.92 Å². The number of carbonyl (C=O) groups excluding carboxylic acids is 1. The lowest BCUT2D eigenvalue weighted by molar-refractivity contribution is -0.121. The van der Waals surface area contributed by atoms with Gasteiger partial charge in [-0.2, -0.15) is 5.10 Å². The van der Waals surface area contributed by atoms with Crippen molar-refractivity contribution in [3.8, 4) is 0 Å². The minimum atomic E-state index is -0.0997. The minimum Gasteiger partial charge on any atom is -0.348 e. The van der Waals surface area contributed by atoms with Gasteiger partial charge in [-0.25, -0.2) is 9.97 Å². The topological polar surface area (TPSA) is 88.0 Å². The van der Waals surface area contributed by atoms with Crippen molar-refractivity contribution in [1.29, 1.82) is 0 Å². The Morgan fingerprint density at radius 1 is 1.38 bits per heavy atom. The summed E-state index contributed by atoms with van der Waals surface area (Å²) in [5.41, 5.74) is 4.49. The third kappa shape index (κ3) is 3.34. The van der Waals surface area contributed by atoms with Crippen molar-refractivity contribution in [2.24, 2.45) is 0 Å². The standard InChI is InChI=1S/C19H24N6O/c1-2-14(17-12-25-11-5-10-20-19(25)22-17)21-18(26)9-8-16-13-6-3-4-7-15(13)23-24-16/h5,10-12,14H,2-4,6-9H2,1H3,(H,21,26)(H,23,24). The normalized spacial score (nSPS) is 15.0. The molecule has 0 bridgehead atoms. The number of nitrogens with one attached hydrogen (secondary N) is 2. The molecule has 3 aromatic heterocycles. The van der Waals surface area contributed by atoms with E-state index in [4.69, 9.17) is 0 Å². The zero-order chi connectivity index (χ0) is 17.9. The van der Waals surface area contributed by atoms with E-state index in [-0.39, 0.29) is 11.9 Å². The summed E-state index contributed by atoms with van der Waals surface area (Å²) in [5.74, 6) is 0.688. The van der Waals surface area contributed by atoms with E-state index in [1.165, 1.54) is 24.1 Å². The fourth-order valence-electron chi connectivity index (χ4n) is 3.66. The van der Waals surface area contributed by atoms with Crippen molar-refractivity contribution in [2.45, 2.75) is 57.9 Å². The van der Waals surface area contributed by atoms with E-state index in [1.54, 1.807) is 6.20 Å². The smallest absolute Gasteiger partial charge is 0.233 e. The van der Waals surface area contributed by atoms with E-state index < -0.39 is 0 Å². The molecule has 136 valence electrons. The summed E-state index contributed by atoms with van der Waals surface area (Å²) < 4.78 is 1.88. The highest BCUT2D eigenvalue weighted by molar-refractivity contribution is 5.76. The molecule has 1 atom stereocenters. The van der Waals surface area contributed by atoms with Gasteiger partial charge in [0.1, 0.15) is 0 Å². The van der Waals surface area contributed by atoms with Gasteiger partial charge in [0.25, 0.3) is 0 Å². The van der Waals surface area contributed by atoms with Crippen LogP contribution in [0.1, 0.15) is 61.3 Å². The van der Waals surface area contributed by atoms with Gasteiger partial charge in [0, 0.05) is 37.1 Å². The maximum Gasteiger partial charge on any atom is 0.233 e. The fourth-order valence-corrected chi connectivity index (χ4v) is 3.66. The van der Waals surface area contributed by atoms with Crippen LogP contribution in [0.25, 0.3) is 5.78 Å². The number of aromatic amines is 1. The summed E-state index contributed by atoms with van der Waals surface area (Å²) >= 11 is 0. The summed E-state index contributed by atoms with van der Waals surface area (Å²) in [6.07, 6.45) is 12.1. The van der Waals surface area contributed by atoms with Crippen molar-refractivity contribution in [3.05, 3.63) is 47.3 Å². The number of carbonyl (C=O) groups is 1. The molecule has 1 aliphatic rings. The highest BCUT2D eigenvalue weighted by Crippen LogP contribution is 2.23. The minimum absolute atomic E-state index is 0.0365. The third-order valence-electron chi connectivity index (χ3n) is 5.09. The molecule has 26 heavy (non-hydrogen) atoms. The second kappa shape index (κ2) is 7.27. The lowest BCUT2D eigenvalue weighted by Crippen LogP contribution is -2.28. The molecule has 0 fully saturated rings. The first-order valence-corrected chi connectivity index (χ1v) is 9.38. The largest absolute Gasteiger partial charge is 0.348 e. The molecule has 3 heterocycles. The molecule has 0 saturated heterocycles. The van der Waals surface area contributed by atoms with Crippen molar-refractivity contribution < 1.29 is 4.79 Å². The molecule has 7 nitrogen and oxygen atoms in total. The van der Waals surface area contributed by atoms with Crippen molar-refractivity contribution >= 4 is 11.7 Å². The highest BCUT2D eigenvalue weighted by atomic mass is 16.1. The van der Waals surface area contributed by atoms with Gasteiger partial charge < -0.3 is 5.32 Å².